The van der Waals surface area contributed by atoms with Crippen LogP contribution in [0.3, 0.4) is 0 Å². The van der Waals surface area contributed by atoms with Crippen molar-refractivity contribution in [3.05, 3.63) is 71.8 Å². The first kappa shape index (κ1) is 12.7. The standard InChI is InChI=1S/C22H22/c1-13-19-9-7-17(11-21(13)19)15-3-5-16(6-4-15)18-8-10-20-14(2)22(20)12-18/h3-14,19-22H,1-2H3/t13-,14-,19?,20?,21?,22?/m1/s1. The maximum absolute atomic E-state index is 2.47. The predicted octanol–water partition coefficient (Wildman–Crippen LogP) is 5.36. The second kappa shape index (κ2) is 4.35. The summed E-state index contributed by atoms with van der Waals surface area (Å²) in [4.78, 5) is 0. The molecule has 2 fully saturated rings. The highest BCUT2D eigenvalue weighted by Crippen LogP contribution is 2.52. The Morgan fingerprint density at radius 2 is 1.00 bits per heavy atom. The number of fused-ring (bicyclic) bond motifs is 2. The molecular formula is C22H22. The third kappa shape index (κ3) is 1.83. The SMILES string of the molecule is C[C@@H]1C2C=CC(c3ccc(C4=CC5C(C=C4)[C@H]5C)cc3)=CC21. The molecule has 0 amide bonds. The maximum atomic E-state index is 2.47. The Balaban J connectivity index is 1.40. The van der Waals surface area contributed by atoms with E-state index in [2.05, 4.69) is 74.6 Å². The molecule has 1 aromatic carbocycles. The second-order valence-corrected chi connectivity index (χ2v) is 7.57. The molecule has 2 saturated carbocycles. The quantitative estimate of drug-likeness (QED) is 0.687. The molecule has 4 aliphatic rings. The maximum Gasteiger partial charge on any atom is -0.0127 e. The molecule has 0 N–H and O–H groups in total. The van der Waals surface area contributed by atoms with Crippen LogP contribution in [0.5, 0.6) is 0 Å². The van der Waals surface area contributed by atoms with Gasteiger partial charge in [0, 0.05) is 0 Å². The van der Waals surface area contributed by atoms with Crippen LogP contribution in [0.25, 0.3) is 11.1 Å². The van der Waals surface area contributed by atoms with Crippen molar-refractivity contribution in [2.45, 2.75) is 13.8 Å². The summed E-state index contributed by atoms with van der Waals surface area (Å²) in [6.07, 6.45) is 14.4. The first-order valence-electron chi connectivity index (χ1n) is 8.63. The zero-order chi connectivity index (χ0) is 14.8. The van der Waals surface area contributed by atoms with Crippen LogP contribution < -0.4 is 0 Å². The molecule has 110 valence electrons. The van der Waals surface area contributed by atoms with E-state index < -0.39 is 0 Å². The summed E-state index contributed by atoms with van der Waals surface area (Å²) in [5, 5.41) is 0. The summed E-state index contributed by atoms with van der Waals surface area (Å²) in [5.41, 5.74) is 5.52. The number of allylic oxidation sites excluding steroid dienone is 8. The highest BCUT2D eigenvalue weighted by molar-refractivity contribution is 5.80. The van der Waals surface area contributed by atoms with Gasteiger partial charge in [0.05, 0.1) is 0 Å². The molecule has 0 heteroatoms. The lowest BCUT2D eigenvalue weighted by Crippen LogP contribution is -1.91. The van der Waals surface area contributed by atoms with Crippen LogP contribution in [-0.2, 0) is 0 Å². The van der Waals surface area contributed by atoms with Gasteiger partial charge in [-0.15, -0.1) is 0 Å². The van der Waals surface area contributed by atoms with Crippen LogP contribution in [0.15, 0.2) is 60.7 Å². The average Bonchev–Trinajstić information content (AvgIpc) is 3.44. The van der Waals surface area contributed by atoms with Gasteiger partial charge < -0.3 is 0 Å². The summed E-state index contributed by atoms with van der Waals surface area (Å²) >= 11 is 0. The van der Waals surface area contributed by atoms with Gasteiger partial charge in [-0.1, -0.05) is 74.6 Å². The van der Waals surface area contributed by atoms with Gasteiger partial charge in [-0.25, -0.2) is 0 Å². The van der Waals surface area contributed by atoms with Crippen molar-refractivity contribution < 1.29 is 0 Å². The van der Waals surface area contributed by atoms with Gasteiger partial charge in [0.15, 0.2) is 0 Å². The molecule has 6 atom stereocenters. The molecule has 0 heterocycles. The third-order valence-corrected chi connectivity index (χ3v) is 6.33. The summed E-state index contributed by atoms with van der Waals surface area (Å²) in [6, 6.07) is 9.15. The monoisotopic (exact) mass is 286 g/mol. The first-order valence-corrected chi connectivity index (χ1v) is 8.63. The zero-order valence-electron chi connectivity index (χ0n) is 13.2. The van der Waals surface area contributed by atoms with Gasteiger partial charge in [0.25, 0.3) is 0 Å². The lowest BCUT2D eigenvalue weighted by Gasteiger charge is -2.10. The van der Waals surface area contributed by atoms with Gasteiger partial charge >= 0.3 is 0 Å². The minimum Gasteiger partial charge on any atom is -0.0799 e. The van der Waals surface area contributed by atoms with E-state index in [-0.39, 0.29) is 0 Å². The van der Waals surface area contributed by atoms with Crippen molar-refractivity contribution in [3.8, 4) is 0 Å². The van der Waals surface area contributed by atoms with E-state index in [9.17, 15) is 0 Å². The van der Waals surface area contributed by atoms with E-state index in [1.165, 1.54) is 22.3 Å². The van der Waals surface area contributed by atoms with Crippen molar-refractivity contribution in [3.63, 3.8) is 0 Å². The first-order chi connectivity index (χ1) is 10.7. The molecule has 0 radical (unpaired) electrons. The predicted molar refractivity (Wildman–Crippen MR) is 93.0 cm³/mol. The summed E-state index contributed by atoms with van der Waals surface area (Å²) < 4.78 is 0. The zero-order valence-corrected chi connectivity index (χ0v) is 13.2. The Hall–Kier alpha value is -1.82. The molecule has 0 nitrogen and oxygen atoms in total. The minimum absolute atomic E-state index is 0.789. The smallest absolute Gasteiger partial charge is 0.0127 e. The summed E-state index contributed by atoms with van der Waals surface area (Å²) in [7, 11) is 0. The van der Waals surface area contributed by atoms with Crippen LogP contribution in [0.4, 0.5) is 0 Å². The molecule has 0 spiro atoms. The Kier molecular flexibility index (Phi) is 2.51. The normalized spacial score (nSPS) is 40.5. The van der Waals surface area contributed by atoms with Crippen LogP contribution in [-0.4, -0.2) is 0 Å². The highest BCUT2D eigenvalue weighted by atomic mass is 14.5. The van der Waals surface area contributed by atoms with Crippen molar-refractivity contribution in [1.29, 1.82) is 0 Å². The molecule has 1 aromatic rings. The van der Waals surface area contributed by atoms with Crippen molar-refractivity contribution >= 4 is 11.1 Å². The summed E-state index contributed by atoms with van der Waals surface area (Å²) in [6.45, 7) is 4.71. The van der Waals surface area contributed by atoms with Gasteiger partial charge in [-0.3, -0.25) is 0 Å². The Morgan fingerprint density at radius 1 is 0.591 bits per heavy atom. The van der Waals surface area contributed by atoms with E-state index in [0.717, 1.165) is 35.5 Å². The van der Waals surface area contributed by atoms with Crippen LogP contribution >= 0.6 is 0 Å². The van der Waals surface area contributed by atoms with Crippen LogP contribution in [0, 0.1) is 35.5 Å². The molecule has 0 bridgehead atoms. The lowest BCUT2D eigenvalue weighted by atomic mass is 9.95. The van der Waals surface area contributed by atoms with E-state index in [1.807, 2.05) is 0 Å². The fourth-order valence-corrected chi connectivity index (χ4v) is 4.38. The van der Waals surface area contributed by atoms with Gasteiger partial charge in [0.2, 0.25) is 0 Å². The average molecular weight is 286 g/mol. The molecule has 4 aliphatic carbocycles. The number of benzene rings is 1. The van der Waals surface area contributed by atoms with Crippen molar-refractivity contribution in [1.82, 2.24) is 0 Å². The van der Waals surface area contributed by atoms with Gasteiger partial charge in [-0.2, -0.15) is 0 Å². The molecule has 5 rings (SSSR count). The Bertz CT molecular complexity index is 676. The van der Waals surface area contributed by atoms with Crippen LogP contribution in [0.1, 0.15) is 25.0 Å². The fraction of sp³-hybridized carbons (Fsp3) is 0.364. The van der Waals surface area contributed by atoms with E-state index in [4.69, 9.17) is 0 Å². The highest BCUT2D eigenvalue weighted by Gasteiger charge is 2.45. The molecular weight excluding hydrogens is 264 g/mol. The second-order valence-electron chi connectivity index (χ2n) is 7.57. The van der Waals surface area contributed by atoms with Gasteiger partial charge in [-0.05, 0) is 57.8 Å². The van der Waals surface area contributed by atoms with Crippen molar-refractivity contribution in [2.75, 3.05) is 0 Å². The van der Waals surface area contributed by atoms with Crippen LogP contribution in [0.2, 0.25) is 0 Å². The molecule has 0 aromatic heterocycles. The molecule has 0 saturated heterocycles. The van der Waals surface area contributed by atoms with Gasteiger partial charge in [0.1, 0.15) is 0 Å². The van der Waals surface area contributed by atoms with Crippen molar-refractivity contribution in [2.24, 2.45) is 35.5 Å². The largest absolute Gasteiger partial charge is 0.0799 e. The van der Waals surface area contributed by atoms with E-state index in [1.54, 1.807) is 0 Å². The molecule has 4 unspecified atom stereocenters. The number of hydrogen-bond donors (Lipinski definition) is 0. The lowest BCUT2D eigenvalue weighted by molar-refractivity contribution is 0.885. The Labute approximate surface area is 132 Å². The summed E-state index contributed by atoms with van der Waals surface area (Å²) in [5.74, 6) is 4.90. The topological polar surface area (TPSA) is 0 Å². The number of hydrogen-bond acceptors (Lipinski definition) is 0. The minimum atomic E-state index is 0.789. The van der Waals surface area contributed by atoms with E-state index in [0.29, 0.717) is 0 Å². The number of rotatable bonds is 2. The molecule has 0 aliphatic heterocycles. The Morgan fingerprint density at radius 3 is 1.36 bits per heavy atom. The fourth-order valence-electron chi connectivity index (χ4n) is 4.38. The molecule has 22 heavy (non-hydrogen) atoms. The van der Waals surface area contributed by atoms with E-state index >= 15 is 0 Å². The third-order valence-electron chi connectivity index (χ3n) is 6.33.